The van der Waals surface area contributed by atoms with Crippen LogP contribution in [0.15, 0.2) is 82.6 Å². The van der Waals surface area contributed by atoms with Crippen LogP contribution in [0.3, 0.4) is 0 Å². The van der Waals surface area contributed by atoms with Crippen LogP contribution in [0.5, 0.6) is 5.75 Å². The number of ether oxygens (including phenoxy) is 1. The minimum absolute atomic E-state index is 0.0923. The molecule has 8 nitrogen and oxygen atoms in total. The van der Waals surface area contributed by atoms with Crippen LogP contribution in [0.1, 0.15) is 42.7 Å². The average Bonchev–Trinajstić information content (AvgIpc) is 3.44. The van der Waals surface area contributed by atoms with Crippen LogP contribution in [0.25, 0.3) is 0 Å². The summed E-state index contributed by atoms with van der Waals surface area (Å²) >= 11 is 2.15. The number of benzene rings is 3. The molecule has 2 aliphatic heterocycles. The first-order chi connectivity index (χ1) is 21.0. The fourth-order valence-corrected chi connectivity index (χ4v) is 8.44. The van der Waals surface area contributed by atoms with Gasteiger partial charge in [0.15, 0.2) is 0 Å². The van der Waals surface area contributed by atoms with Crippen LogP contribution in [0.4, 0.5) is 15.8 Å². The average molecular weight is 632 g/mol. The van der Waals surface area contributed by atoms with Crippen LogP contribution < -0.4 is 19.8 Å². The van der Waals surface area contributed by atoms with Crippen molar-refractivity contribution >= 4 is 52.2 Å². The smallest absolute Gasteiger partial charge is 0.308 e. The number of methoxy groups -OCH3 is 1. The number of hydrogen-bond donors (Lipinski definition) is 1. The predicted octanol–water partition coefficient (Wildman–Crippen LogP) is 5.79. The van der Waals surface area contributed by atoms with Gasteiger partial charge < -0.3 is 10.1 Å². The third-order valence-corrected chi connectivity index (χ3v) is 10.5. The molecule has 44 heavy (non-hydrogen) atoms. The maximum Gasteiger partial charge on any atom is 0.308 e. The highest BCUT2D eigenvalue weighted by Gasteiger charge is 2.56. The molecule has 3 amide bonds. The van der Waals surface area contributed by atoms with Gasteiger partial charge in [-0.2, -0.15) is 0 Å². The molecule has 0 aliphatic carbocycles. The predicted molar refractivity (Wildman–Crippen MR) is 169 cm³/mol. The zero-order valence-corrected chi connectivity index (χ0v) is 26.1. The van der Waals surface area contributed by atoms with Crippen LogP contribution in [0, 0.1) is 11.7 Å². The summed E-state index contributed by atoms with van der Waals surface area (Å²) in [5, 5.41) is 2.39. The summed E-state index contributed by atoms with van der Waals surface area (Å²) in [6.45, 7) is 6.04. The number of thiazole rings is 1. The van der Waals surface area contributed by atoms with Crippen molar-refractivity contribution in [3.8, 4) is 5.75 Å². The monoisotopic (exact) mass is 631 g/mol. The molecule has 3 aromatic carbocycles. The number of nitrogens with one attached hydrogen (secondary N) is 1. The Morgan fingerprint density at radius 2 is 1.59 bits per heavy atom. The minimum atomic E-state index is -0.801. The van der Waals surface area contributed by atoms with Crippen LogP contribution in [-0.4, -0.2) is 34.6 Å². The molecule has 0 bridgehead atoms. The highest BCUT2D eigenvalue weighted by molar-refractivity contribution is 8.00. The first-order valence-corrected chi connectivity index (χ1v) is 15.7. The summed E-state index contributed by atoms with van der Waals surface area (Å²) in [5.74, 6) is -2.33. The standard InChI is InChI=1S/C33H30FN3O5S2/c1-33(2,3)19-7-5-18(6-8-19)25-26-27(30(40)37(29(26)39)22-13-15-23(42-4)16-14-22)43-31-28(25)44-32(41)36(31)17-24(38)35-21-11-9-20(34)10-12-21/h5-16,25-27H,17H2,1-4H3,(H,35,38). The van der Waals surface area contributed by atoms with Crippen LogP contribution in [0.2, 0.25) is 0 Å². The zero-order chi connectivity index (χ0) is 31.3. The summed E-state index contributed by atoms with van der Waals surface area (Å²) in [6, 6.07) is 20.0. The van der Waals surface area contributed by atoms with Crippen molar-refractivity contribution in [1.82, 2.24) is 4.57 Å². The molecule has 11 heteroatoms. The summed E-state index contributed by atoms with van der Waals surface area (Å²) in [4.78, 5) is 56.0. The number of rotatable bonds is 6. The Kier molecular flexibility index (Phi) is 7.71. The second kappa shape index (κ2) is 11.4. The van der Waals surface area contributed by atoms with Gasteiger partial charge in [0.25, 0.3) is 0 Å². The fourth-order valence-electron chi connectivity index (χ4n) is 5.67. The number of hydrogen-bond acceptors (Lipinski definition) is 7. The van der Waals surface area contributed by atoms with Crippen molar-refractivity contribution in [2.24, 2.45) is 5.92 Å². The summed E-state index contributed by atoms with van der Waals surface area (Å²) in [6.07, 6.45) is 0. The number of thioether (sulfide) groups is 1. The Hall–Kier alpha value is -4.22. The van der Waals surface area contributed by atoms with Crippen molar-refractivity contribution in [2.75, 3.05) is 17.3 Å². The van der Waals surface area contributed by atoms with Gasteiger partial charge >= 0.3 is 4.87 Å². The first kappa shape index (κ1) is 29.8. The molecule has 0 saturated carbocycles. The quantitative estimate of drug-likeness (QED) is 0.271. The van der Waals surface area contributed by atoms with Gasteiger partial charge in [-0.15, -0.1) is 0 Å². The Labute approximate surface area is 261 Å². The van der Waals surface area contributed by atoms with Gasteiger partial charge in [-0.25, -0.2) is 9.29 Å². The third kappa shape index (κ3) is 5.35. The molecular weight excluding hydrogens is 602 g/mol. The van der Waals surface area contributed by atoms with Crippen molar-refractivity contribution < 1.29 is 23.5 Å². The number of nitrogens with zero attached hydrogens (tertiary/aromatic N) is 2. The lowest BCUT2D eigenvalue weighted by Gasteiger charge is -2.31. The number of amides is 3. The molecule has 1 fully saturated rings. The van der Waals surface area contributed by atoms with Crippen LogP contribution >= 0.6 is 23.1 Å². The molecule has 3 unspecified atom stereocenters. The number of carbonyl (C=O) groups excluding carboxylic acids is 3. The van der Waals surface area contributed by atoms with E-state index in [1.807, 2.05) is 24.3 Å². The molecule has 226 valence electrons. The molecule has 1 aromatic heterocycles. The van der Waals surface area contributed by atoms with Crippen molar-refractivity contribution in [3.05, 3.63) is 104 Å². The second-order valence-electron chi connectivity index (χ2n) is 11.8. The van der Waals surface area contributed by atoms with E-state index < -0.39 is 28.8 Å². The van der Waals surface area contributed by atoms with E-state index >= 15 is 0 Å². The second-order valence-corrected chi connectivity index (χ2v) is 13.9. The maximum atomic E-state index is 14.1. The summed E-state index contributed by atoms with van der Waals surface area (Å²) in [5.41, 5.74) is 2.67. The lowest BCUT2D eigenvalue weighted by atomic mass is 9.81. The number of carbonyl (C=O) groups is 3. The first-order valence-electron chi connectivity index (χ1n) is 14.0. The van der Waals surface area contributed by atoms with Gasteiger partial charge in [0.1, 0.15) is 23.4 Å². The highest BCUT2D eigenvalue weighted by Crippen LogP contribution is 2.54. The molecule has 2 aliphatic rings. The lowest BCUT2D eigenvalue weighted by Crippen LogP contribution is -2.33. The Balaban J connectivity index is 1.41. The van der Waals surface area contributed by atoms with Gasteiger partial charge in [-0.3, -0.25) is 23.7 Å². The number of anilines is 2. The SMILES string of the molecule is COc1ccc(N2C(=O)C3Sc4c(sc(=O)n4CC(=O)Nc4ccc(F)cc4)C(c4ccc(C(C)(C)C)cc4)C3C2=O)cc1. The minimum Gasteiger partial charge on any atom is -0.497 e. The Morgan fingerprint density at radius 3 is 2.20 bits per heavy atom. The fraction of sp³-hybridized carbons (Fsp3) is 0.273. The molecule has 0 radical (unpaired) electrons. The van der Waals surface area contributed by atoms with Gasteiger partial charge in [-0.1, -0.05) is 68.1 Å². The lowest BCUT2D eigenvalue weighted by molar-refractivity contribution is -0.122. The van der Waals surface area contributed by atoms with E-state index in [2.05, 4.69) is 26.1 Å². The van der Waals surface area contributed by atoms with Gasteiger partial charge in [0.2, 0.25) is 17.7 Å². The van der Waals surface area contributed by atoms with E-state index in [-0.39, 0.29) is 28.6 Å². The largest absolute Gasteiger partial charge is 0.497 e. The number of imide groups is 1. The van der Waals surface area contributed by atoms with Gasteiger partial charge in [0, 0.05) is 16.5 Å². The molecular formula is C33H30FN3O5S2. The summed E-state index contributed by atoms with van der Waals surface area (Å²) < 4.78 is 20.0. The maximum absolute atomic E-state index is 14.1. The topological polar surface area (TPSA) is 97.7 Å². The van der Waals surface area contributed by atoms with Crippen molar-refractivity contribution in [3.63, 3.8) is 0 Å². The Bertz CT molecular complexity index is 1810. The van der Waals surface area contributed by atoms with Crippen molar-refractivity contribution in [1.29, 1.82) is 0 Å². The van der Waals surface area contributed by atoms with E-state index in [1.165, 1.54) is 33.7 Å². The molecule has 0 spiro atoms. The van der Waals surface area contributed by atoms with E-state index in [9.17, 15) is 23.6 Å². The molecule has 3 heterocycles. The zero-order valence-electron chi connectivity index (χ0n) is 24.5. The number of halogens is 1. The normalized spacial score (nSPS) is 19.5. The summed E-state index contributed by atoms with van der Waals surface area (Å²) in [7, 11) is 1.54. The number of aromatic nitrogens is 1. The van der Waals surface area contributed by atoms with E-state index in [4.69, 9.17) is 4.74 Å². The number of fused-ring (bicyclic) bond motifs is 2. The molecule has 6 rings (SSSR count). The van der Waals surface area contributed by atoms with Crippen LogP contribution in [-0.2, 0) is 26.3 Å². The van der Waals surface area contributed by atoms with E-state index in [0.29, 0.717) is 27.0 Å². The van der Waals surface area contributed by atoms with Crippen molar-refractivity contribution in [2.45, 2.75) is 48.9 Å². The molecule has 1 N–H and O–H groups in total. The molecule has 3 atom stereocenters. The highest BCUT2D eigenvalue weighted by atomic mass is 32.2. The molecule has 1 saturated heterocycles. The van der Waals surface area contributed by atoms with Gasteiger partial charge in [0.05, 0.1) is 23.7 Å². The van der Waals surface area contributed by atoms with E-state index in [0.717, 1.165) is 34.2 Å². The third-order valence-electron chi connectivity index (χ3n) is 7.95. The van der Waals surface area contributed by atoms with E-state index in [1.54, 1.807) is 31.4 Å². The van der Waals surface area contributed by atoms with Gasteiger partial charge in [-0.05, 0) is 65.1 Å². The Morgan fingerprint density at radius 1 is 0.932 bits per heavy atom. The molecule has 4 aromatic rings.